The number of carbonyl (C=O) groups excluding carboxylic acids is 3. The van der Waals surface area contributed by atoms with Gasteiger partial charge in [0.15, 0.2) is 0 Å². The Kier molecular flexibility index (Phi) is 4.42. The smallest absolute Gasteiger partial charge is 0.287 e. The maximum absolute atomic E-state index is 12.2. The molecular weight excluding hydrogens is 258 g/mol. The molecule has 1 heterocycles. The Hall–Kier alpha value is -1.43. The van der Waals surface area contributed by atoms with Gasteiger partial charge in [-0.1, -0.05) is 6.92 Å². The molecule has 4 atom stereocenters. The molecule has 0 aromatic heterocycles. The normalized spacial score (nSPS) is 30.8. The van der Waals surface area contributed by atoms with E-state index >= 15 is 0 Å². The number of Topliss-reactive ketones (excluding diaryl/α,β-unsaturated/α-hetero) is 1. The number of hydrogen-bond acceptors (Lipinski definition) is 4. The third-order valence-corrected chi connectivity index (χ3v) is 4.51. The average molecular weight is 281 g/mol. The van der Waals surface area contributed by atoms with Crippen LogP contribution in [0.5, 0.6) is 0 Å². The third-order valence-electron chi connectivity index (χ3n) is 4.51. The fourth-order valence-corrected chi connectivity index (χ4v) is 2.94. The Morgan fingerprint density at radius 1 is 1.40 bits per heavy atom. The molecule has 6 heteroatoms. The van der Waals surface area contributed by atoms with Crippen LogP contribution in [0.1, 0.15) is 32.6 Å². The van der Waals surface area contributed by atoms with Gasteiger partial charge in [-0.2, -0.15) is 0 Å². The van der Waals surface area contributed by atoms with E-state index in [2.05, 4.69) is 12.2 Å². The summed E-state index contributed by atoms with van der Waals surface area (Å²) in [5, 5.41) is 2.73. The SMILES string of the molecule is CC1CC1CC(NC(=O)[C@@H]1CCCN1C)C(=O)C(N)=O. The second-order valence-corrected chi connectivity index (χ2v) is 6.14. The standard InChI is InChI=1S/C14H23N3O3/c1-8-6-9(8)7-10(12(18)13(15)19)16-14(20)11-4-3-5-17(11)2/h8-11H,3-7H2,1-2H3,(H2,15,19)(H,16,20)/t8?,9?,10?,11-/m0/s1. The fourth-order valence-electron chi connectivity index (χ4n) is 2.94. The zero-order valence-electron chi connectivity index (χ0n) is 12.1. The van der Waals surface area contributed by atoms with Crippen LogP contribution >= 0.6 is 0 Å². The molecule has 3 N–H and O–H groups in total. The van der Waals surface area contributed by atoms with Crippen molar-refractivity contribution in [3.63, 3.8) is 0 Å². The predicted molar refractivity (Wildman–Crippen MR) is 73.7 cm³/mol. The Morgan fingerprint density at radius 2 is 2.05 bits per heavy atom. The maximum atomic E-state index is 12.2. The minimum absolute atomic E-state index is 0.169. The summed E-state index contributed by atoms with van der Waals surface area (Å²) in [5.41, 5.74) is 5.07. The van der Waals surface area contributed by atoms with Gasteiger partial charge in [0.2, 0.25) is 11.7 Å². The predicted octanol–water partition coefficient (Wildman–Crippen LogP) is -0.334. The van der Waals surface area contributed by atoms with E-state index in [1.54, 1.807) is 0 Å². The zero-order valence-corrected chi connectivity index (χ0v) is 12.1. The van der Waals surface area contributed by atoms with Gasteiger partial charge in [0.05, 0.1) is 12.1 Å². The molecule has 1 saturated heterocycles. The first-order valence-corrected chi connectivity index (χ1v) is 7.24. The van der Waals surface area contributed by atoms with Crippen molar-refractivity contribution in [2.75, 3.05) is 13.6 Å². The molecule has 0 aromatic rings. The summed E-state index contributed by atoms with van der Waals surface area (Å²) in [6, 6.07) is -0.959. The van der Waals surface area contributed by atoms with Crippen molar-refractivity contribution < 1.29 is 14.4 Å². The van der Waals surface area contributed by atoms with Crippen LogP contribution in [-0.2, 0) is 14.4 Å². The molecule has 2 fully saturated rings. The molecule has 1 aliphatic heterocycles. The molecule has 0 spiro atoms. The molecule has 112 valence electrons. The quantitative estimate of drug-likeness (QED) is 0.652. The molecule has 2 rings (SSSR count). The minimum Gasteiger partial charge on any atom is -0.363 e. The molecule has 20 heavy (non-hydrogen) atoms. The van der Waals surface area contributed by atoms with Gasteiger partial charge < -0.3 is 11.1 Å². The third kappa shape index (κ3) is 3.36. The van der Waals surface area contributed by atoms with Crippen LogP contribution in [0.25, 0.3) is 0 Å². The topological polar surface area (TPSA) is 92.5 Å². The Labute approximate surface area is 119 Å². The van der Waals surface area contributed by atoms with Gasteiger partial charge in [-0.25, -0.2) is 0 Å². The number of likely N-dealkylation sites (tertiary alicyclic amines) is 1. The summed E-state index contributed by atoms with van der Waals surface area (Å²) >= 11 is 0. The summed E-state index contributed by atoms with van der Waals surface area (Å²) in [6.45, 7) is 2.98. The van der Waals surface area contributed by atoms with E-state index in [0.717, 1.165) is 25.8 Å². The van der Waals surface area contributed by atoms with Crippen LogP contribution in [0, 0.1) is 11.8 Å². The number of rotatable bonds is 6. The van der Waals surface area contributed by atoms with Gasteiger partial charge >= 0.3 is 0 Å². The van der Waals surface area contributed by atoms with E-state index in [9.17, 15) is 14.4 Å². The second-order valence-electron chi connectivity index (χ2n) is 6.14. The van der Waals surface area contributed by atoms with Crippen molar-refractivity contribution in [2.24, 2.45) is 17.6 Å². The van der Waals surface area contributed by atoms with Gasteiger partial charge in [0.1, 0.15) is 0 Å². The molecule has 0 radical (unpaired) electrons. The van der Waals surface area contributed by atoms with Crippen molar-refractivity contribution in [1.82, 2.24) is 10.2 Å². The molecule has 0 aromatic carbocycles. The average Bonchev–Trinajstić information content (AvgIpc) is 2.89. The molecule has 2 amide bonds. The van der Waals surface area contributed by atoms with Gasteiger partial charge in [-0.3, -0.25) is 19.3 Å². The van der Waals surface area contributed by atoms with Crippen LogP contribution in [0.4, 0.5) is 0 Å². The monoisotopic (exact) mass is 281 g/mol. The number of likely N-dealkylation sites (N-methyl/N-ethyl adjacent to an activating group) is 1. The number of ketones is 1. The largest absolute Gasteiger partial charge is 0.363 e. The summed E-state index contributed by atoms with van der Waals surface area (Å²) in [4.78, 5) is 37.1. The fraction of sp³-hybridized carbons (Fsp3) is 0.786. The number of nitrogens with zero attached hydrogens (tertiary/aromatic N) is 1. The first-order valence-electron chi connectivity index (χ1n) is 7.24. The van der Waals surface area contributed by atoms with Crippen molar-refractivity contribution in [2.45, 2.75) is 44.7 Å². The first kappa shape index (κ1) is 15.0. The van der Waals surface area contributed by atoms with Crippen molar-refractivity contribution >= 4 is 17.6 Å². The lowest BCUT2D eigenvalue weighted by molar-refractivity contribution is -0.139. The van der Waals surface area contributed by atoms with Gasteiger partial charge in [-0.05, 0) is 51.1 Å². The van der Waals surface area contributed by atoms with Crippen molar-refractivity contribution in [1.29, 1.82) is 0 Å². The van der Waals surface area contributed by atoms with E-state index in [0.29, 0.717) is 18.3 Å². The minimum atomic E-state index is -0.969. The van der Waals surface area contributed by atoms with Crippen LogP contribution in [0.2, 0.25) is 0 Å². The Bertz CT molecular complexity index is 424. The molecule has 0 bridgehead atoms. The van der Waals surface area contributed by atoms with Crippen LogP contribution in [0.15, 0.2) is 0 Å². The number of carbonyl (C=O) groups is 3. The lowest BCUT2D eigenvalue weighted by Gasteiger charge is -2.22. The van der Waals surface area contributed by atoms with Crippen molar-refractivity contribution in [3.05, 3.63) is 0 Å². The van der Waals surface area contributed by atoms with E-state index in [1.807, 2.05) is 11.9 Å². The maximum Gasteiger partial charge on any atom is 0.287 e. The Morgan fingerprint density at radius 3 is 2.50 bits per heavy atom. The molecule has 2 aliphatic rings. The molecule has 6 nitrogen and oxygen atoms in total. The second kappa shape index (κ2) is 5.91. The summed E-state index contributed by atoms with van der Waals surface area (Å²) in [7, 11) is 1.89. The lowest BCUT2D eigenvalue weighted by Crippen LogP contribution is -2.51. The molecular formula is C14H23N3O3. The van der Waals surface area contributed by atoms with Gasteiger partial charge in [-0.15, -0.1) is 0 Å². The van der Waals surface area contributed by atoms with Crippen LogP contribution in [0.3, 0.4) is 0 Å². The van der Waals surface area contributed by atoms with Crippen LogP contribution < -0.4 is 11.1 Å². The van der Waals surface area contributed by atoms with Crippen molar-refractivity contribution in [3.8, 4) is 0 Å². The highest BCUT2D eigenvalue weighted by molar-refractivity contribution is 6.37. The number of primary amides is 1. The number of nitrogens with two attached hydrogens (primary N) is 1. The number of nitrogens with one attached hydrogen (secondary N) is 1. The Balaban J connectivity index is 1.97. The highest BCUT2D eigenvalue weighted by Gasteiger charge is 2.39. The number of hydrogen-bond donors (Lipinski definition) is 2. The molecule has 1 aliphatic carbocycles. The first-order chi connectivity index (χ1) is 9.40. The van der Waals surface area contributed by atoms with E-state index in [-0.39, 0.29) is 11.9 Å². The summed E-state index contributed by atoms with van der Waals surface area (Å²) in [6.07, 6.45) is 3.33. The van der Waals surface area contributed by atoms with Gasteiger partial charge in [0.25, 0.3) is 5.91 Å². The zero-order chi connectivity index (χ0) is 14.9. The van der Waals surface area contributed by atoms with E-state index in [1.165, 1.54) is 0 Å². The lowest BCUT2D eigenvalue weighted by atomic mass is 10.0. The van der Waals surface area contributed by atoms with E-state index in [4.69, 9.17) is 5.73 Å². The van der Waals surface area contributed by atoms with E-state index < -0.39 is 17.7 Å². The highest BCUT2D eigenvalue weighted by Crippen LogP contribution is 2.41. The van der Waals surface area contributed by atoms with Crippen LogP contribution in [-0.4, -0.2) is 48.2 Å². The highest BCUT2D eigenvalue weighted by atomic mass is 16.2. The molecule has 1 saturated carbocycles. The molecule has 3 unspecified atom stereocenters. The summed E-state index contributed by atoms with van der Waals surface area (Å²) < 4.78 is 0. The number of amides is 2. The summed E-state index contributed by atoms with van der Waals surface area (Å²) in [5.74, 6) is -0.853. The van der Waals surface area contributed by atoms with Gasteiger partial charge in [0, 0.05) is 0 Å².